The van der Waals surface area contributed by atoms with Gasteiger partial charge in [0.05, 0.1) is 28.6 Å². The van der Waals surface area contributed by atoms with Crippen molar-refractivity contribution in [3.05, 3.63) is 164 Å². The number of para-hydroxylation sites is 1. The zero-order chi connectivity index (χ0) is 28.6. The number of fused-ring (bicyclic) bond motifs is 3. The van der Waals surface area contributed by atoms with Gasteiger partial charge in [0, 0.05) is 33.8 Å². The molecule has 0 aliphatic rings. The standard InChI is InChI=1S/C40H27N3/c1-3-9-31(10-4-1)37-25-33(26-38(42-37)32-11-5-2-6-12-32)30-17-15-28(16-18-30)29-19-21-34(22-20-29)43-39-14-8-7-13-35(39)36-23-24-41-27-40(36)43/h1-27H. The minimum Gasteiger partial charge on any atom is -0.308 e. The predicted molar refractivity (Wildman–Crippen MR) is 178 cm³/mol. The molecule has 0 atom stereocenters. The molecule has 3 aromatic heterocycles. The van der Waals surface area contributed by atoms with Gasteiger partial charge >= 0.3 is 0 Å². The molecule has 0 fully saturated rings. The molecule has 0 spiro atoms. The molecule has 43 heavy (non-hydrogen) atoms. The molecule has 0 bridgehead atoms. The van der Waals surface area contributed by atoms with E-state index >= 15 is 0 Å². The molecule has 5 aromatic carbocycles. The van der Waals surface area contributed by atoms with E-state index in [9.17, 15) is 0 Å². The molecule has 0 aliphatic heterocycles. The largest absolute Gasteiger partial charge is 0.308 e. The summed E-state index contributed by atoms with van der Waals surface area (Å²) >= 11 is 0. The molecule has 0 amide bonds. The molecule has 0 saturated carbocycles. The van der Waals surface area contributed by atoms with Crippen molar-refractivity contribution < 1.29 is 0 Å². The van der Waals surface area contributed by atoms with Gasteiger partial charge in [0.15, 0.2) is 0 Å². The van der Waals surface area contributed by atoms with Crippen LogP contribution < -0.4 is 0 Å². The first-order valence-electron chi connectivity index (χ1n) is 14.5. The molecule has 3 heterocycles. The fraction of sp³-hybridized carbons (Fsp3) is 0. The Labute approximate surface area is 250 Å². The second kappa shape index (κ2) is 10.6. The molecule has 0 radical (unpaired) electrons. The van der Waals surface area contributed by atoms with Crippen LogP contribution in [0, 0.1) is 0 Å². The van der Waals surface area contributed by atoms with Crippen molar-refractivity contribution >= 4 is 21.8 Å². The highest BCUT2D eigenvalue weighted by atomic mass is 15.0. The van der Waals surface area contributed by atoms with Gasteiger partial charge in [0.25, 0.3) is 0 Å². The van der Waals surface area contributed by atoms with Crippen LogP contribution >= 0.6 is 0 Å². The Kier molecular flexibility index (Phi) is 6.12. The van der Waals surface area contributed by atoms with Gasteiger partial charge in [-0.2, -0.15) is 0 Å². The first-order valence-corrected chi connectivity index (χ1v) is 14.5. The lowest BCUT2D eigenvalue weighted by atomic mass is 9.97. The van der Waals surface area contributed by atoms with Crippen molar-refractivity contribution in [1.29, 1.82) is 0 Å². The van der Waals surface area contributed by atoms with E-state index in [4.69, 9.17) is 4.98 Å². The smallest absolute Gasteiger partial charge is 0.0724 e. The summed E-state index contributed by atoms with van der Waals surface area (Å²) in [5.41, 5.74) is 12.2. The Morgan fingerprint density at radius 1 is 0.395 bits per heavy atom. The summed E-state index contributed by atoms with van der Waals surface area (Å²) in [5.74, 6) is 0. The maximum Gasteiger partial charge on any atom is 0.0724 e. The van der Waals surface area contributed by atoms with Crippen molar-refractivity contribution in [3.63, 3.8) is 0 Å². The van der Waals surface area contributed by atoms with Gasteiger partial charge in [-0.3, -0.25) is 4.98 Å². The third-order valence-electron chi connectivity index (χ3n) is 8.12. The van der Waals surface area contributed by atoms with Crippen LogP contribution in [0.5, 0.6) is 0 Å². The molecule has 3 nitrogen and oxygen atoms in total. The number of benzene rings is 5. The van der Waals surface area contributed by atoms with Crippen molar-refractivity contribution in [2.24, 2.45) is 0 Å². The summed E-state index contributed by atoms with van der Waals surface area (Å²) in [6.45, 7) is 0. The van der Waals surface area contributed by atoms with Crippen molar-refractivity contribution in [2.75, 3.05) is 0 Å². The van der Waals surface area contributed by atoms with E-state index in [1.54, 1.807) is 0 Å². The predicted octanol–water partition coefficient (Wildman–Crippen LogP) is 10.2. The fourth-order valence-corrected chi connectivity index (χ4v) is 5.97. The third-order valence-corrected chi connectivity index (χ3v) is 8.12. The molecule has 3 heteroatoms. The monoisotopic (exact) mass is 549 g/mol. The fourth-order valence-electron chi connectivity index (χ4n) is 5.97. The van der Waals surface area contributed by atoms with Gasteiger partial charge in [0.1, 0.15) is 0 Å². The molecule has 0 aliphatic carbocycles. The molecule has 8 aromatic rings. The number of pyridine rings is 2. The minimum absolute atomic E-state index is 0.969. The topological polar surface area (TPSA) is 30.7 Å². The van der Waals surface area contributed by atoms with Crippen molar-refractivity contribution in [3.8, 4) is 50.5 Å². The number of hydrogen-bond acceptors (Lipinski definition) is 2. The lowest BCUT2D eigenvalue weighted by Gasteiger charge is -2.12. The van der Waals surface area contributed by atoms with Crippen LogP contribution in [0.2, 0.25) is 0 Å². The SMILES string of the molecule is c1ccc(-c2cc(-c3ccc(-c4ccc(-n5c6ccccc6c6ccncc65)cc4)cc3)cc(-c3ccccc3)n2)cc1. The molecule has 0 unspecified atom stereocenters. The minimum atomic E-state index is 0.969. The number of hydrogen-bond donors (Lipinski definition) is 0. The van der Waals surface area contributed by atoms with Crippen LogP contribution in [0.1, 0.15) is 0 Å². The first-order chi connectivity index (χ1) is 21.3. The average Bonchev–Trinajstić information content (AvgIpc) is 3.43. The second-order valence-electron chi connectivity index (χ2n) is 10.7. The van der Waals surface area contributed by atoms with Crippen molar-refractivity contribution in [1.82, 2.24) is 14.5 Å². The van der Waals surface area contributed by atoms with E-state index in [2.05, 4.69) is 149 Å². The number of aromatic nitrogens is 3. The van der Waals surface area contributed by atoms with Crippen LogP contribution in [-0.2, 0) is 0 Å². The Morgan fingerprint density at radius 3 is 1.53 bits per heavy atom. The number of rotatable bonds is 5. The highest BCUT2D eigenvalue weighted by Gasteiger charge is 2.13. The Hall–Kier alpha value is -5.80. The van der Waals surface area contributed by atoms with Crippen LogP contribution in [0.3, 0.4) is 0 Å². The van der Waals surface area contributed by atoms with Gasteiger partial charge in [-0.25, -0.2) is 4.98 Å². The summed E-state index contributed by atoms with van der Waals surface area (Å²) < 4.78 is 2.29. The second-order valence-corrected chi connectivity index (χ2v) is 10.7. The van der Waals surface area contributed by atoms with Gasteiger partial charge in [-0.05, 0) is 58.7 Å². The molecule has 0 saturated heterocycles. The lowest BCUT2D eigenvalue weighted by molar-refractivity contribution is 1.17. The first kappa shape index (κ1) is 25.0. The van der Waals surface area contributed by atoms with Gasteiger partial charge in [-0.1, -0.05) is 115 Å². The van der Waals surface area contributed by atoms with Crippen LogP contribution in [0.4, 0.5) is 0 Å². The molecule has 8 rings (SSSR count). The highest BCUT2D eigenvalue weighted by Crippen LogP contribution is 2.34. The molecule has 202 valence electrons. The molecular formula is C40H27N3. The van der Waals surface area contributed by atoms with Crippen LogP contribution in [-0.4, -0.2) is 14.5 Å². The van der Waals surface area contributed by atoms with E-state index in [1.165, 1.54) is 27.4 Å². The van der Waals surface area contributed by atoms with Gasteiger partial charge < -0.3 is 4.57 Å². The summed E-state index contributed by atoms with van der Waals surface area (Å²) in [4.78, 5) is 9.44. The Balaban J connectivity index is 1.15. The van der Waals surface area contributed by atoms with E-state index in [0.717, 1.165) is 44.8 Å². The normalized spacial score (nSPS) is 11.3. The zero-order valence-corrected chi connectivity index (χ0v) is 23.4. The summed E-state index contributed by atoms with van der Waals surface area (Å²) in [6, 6.07) is 53.4. The number of nitrogens with zero attached hydrogens (tertiary/aromatic N) is 3. The summed E-state index contributed by atoms with van der Waals surface area (Å²) in [5, 5.41) is 2.45. The maximum atomic E-state index is 5.03. The van der Waals surface area contributed by atoms with Gasteiger partial charge in [-0.15, -0.1) is 0 Å². The quantitative estimate of drug-likeness (QED) is 0.214. The zero-order valence-electron chi connectivity index (χ0n) is 23.4. The summed E-state index contributed by atoms with van der Waals surface area (Å²) in [7, 11) is 0. The Morgan fingerprint density at radius 2 is 0.907 bits per heavy atom. The molecular weight excluding hydrogens is 522 g/mol. The van der Waals surface area contributed by atoms with E-state index < -0.39 is 0 Å². The van der Waals surface area contributed by atoms with Crippen LogP contribution in [0.15, 0.2) is 164 Å². The Bertz CT molecular complexity index is 2090. The lowest BCUT2D eigenvalue weighted by Crippen LogP contribution is -1.94. The molecule has 0 N–H and O–H groups in total. The third kappa shape index (κ3) is 4.58. The van der Waals surface area contributed by atoms with Gasteiger partial charge in [0.2, 0.25) is 0 Å². The van der Waals surface area contributed by atoms with E-state index in [-0.39, 0.29) is 0 Å². The van der Waals surface area contributed by atoms with Crippen LogP contribution in [0.25, 0.3) is 72.3 Å². The van der Waals surface area contributed by atoms with E-state index in [0.29, 0.717) is 0 Å². The maximum absolute atomic E-state index is 5.03. The average molecular weight is 550 g/mol. The van der Waals surface area contributed by atoms with E-state index in [1.807, 2.05) is 24.5 Å². The highest BCUT2D eigenvalue weighted by molar-refractivity contribution is 6.08. The van der Waals surface area contributed by atoms with Crippen molar-refractivity contribution in [2.45, 2.75) is 0 Å². The summed E-state index contributed by atoms with van der Waals surface area (Å²) in [6.07, 6.45) is 3.82.